The Morgan fingerprint density at radius 2 is 1.95 bits per heavy atom. The van der Waals surface area contributed by atoms with Crippen LogP contribution in [0.25, 0.3) is 11.3 Å². The van der Waals surface area contributed by atoms with E-state index in [9.17, 15) is 0 Å². The number of nitrogen functional groups attached to an aromatic ring is 1. The van der Waals surface area contributed by atoms with Crippen molar-refractivity contribution in [3.05, 3.63) is 60.6 Å². The average Bonchev–Trinajstić information content (AvgIpc) is 2.52. The number of nitrogens with two attached hydrogens (primary N) is 1. The highest BCUT2D eigenvalue weighted by atomic mass is 15.1. The van der Waals surface area contributed by atoms with E-state index in [1.54, 1.807) is 18.6 Å². The maximum Gasteiger partial charge on any atom is 0.227 e. The predicted molar refractivity (Wildman–Crippen MR) is 89.2 cm³/mol. The van der Waals surface area contributed by atoms with Gasteiger partial charge >= 0.3 is 0 Å². The van der Waals surface area contributed by atoms with Crippen molar-refractivity contribution in [1.29, 1.82) is 0 Å². The Morgan fingerprint density at radius 3 is 2.73 bits per heavy atom. The van der Waals surface area contributed by atoms with Gasteiger partial charge in [0.25, 0.3) is 0 Å². The molecule has 0 aliphatic carbocycles. The highest BCUT2D eigenvalue weighted by Gasteiger charge is 2.04. The number of pyridine rings is 1. The smallest absolute Gasteiger partial charge is 0.227 e. The molecule has 0 spiro atoms. The molecular weight excluding hydrogens is 276 g/mol. The van der Waals surface area contributed by atoms with Gasteiger partial charge in [0.15, 0.2) is 0 Å². The first-order valence-electron chi connectivity index (χ1n) is 6.59. The van der Waals surface area contributed by atoms with Crippen LogP contribution in [0.4, 0.5) is 17.3 Å². The summed E-state index contributed by atoms with van der Waals surface area (Å²) in [4.78, 5) is 12.9. The van der Waals surface area contributed by atoms with Gasteiger partial charge in [-0.15, -0.1) is 0 Å². The van der Waals surface area contributed by atoms with Crippen LogP contribution < -0.4 is 17.2 Å². The standard InChI is InChI=1S/C16H15N5.H3N/c1-11-4-5-13(17)9-15(11)21-16-19-8-6-14(20-16)12-3-2-7-18-10-12;/h2-10H,17H2,1H3,(H,19,20,21);1H3. The minimum absolute atomic E-state index is 0. The molecule has 0 aliphatic rings. The summed E-state index contributed by atoms with van der Waals surface area (Å²) in [7, 11) is 0. The molecule has 0 saturated carbocycles. The Morgan fingerprint density at radius 1 is 1.09 bits per heavy atom. The lowest BCUT2D eigenvalue weighted by Gasteiger charge is -2.09. The van der Waals surface area contributed by atoms with E-state index in [-0.39, 0.29) is 6.15 Å². The lowest BCUT2D eigenvalue weighted by molar-refractivity contribution is 1.16. The molecule has 112 valence electrons. The highest BCUT2D eigenvalue weighted by molar-refractivity contribution is 5.65. The van der Waals surface area contributed by atoms with Crippen LogP contribution in [0.3, 0.4) is 0 Å². The van der Waals surface area contributed by atoms with E-state index in [1.807, 2.05) is 43.3 Å². The Hall–Kier alpha value is -2.99. The minimum atomic E-state index is 0. The molecule has 0 amide bonds. The Balaban J connectivity index is 0.00000176. The van der Waals surface area contributed by atoms with Crippen molar-refractivity contribution >= 4 is 17.3 Å². The van der Waals surface area contributed by atoms with Crippen LogP contribution >= 0.6 is 0 Å². The van der Waals surface area contributed by atoms with E-state index >= 15 is 0 Å². The van der Waals surface area contributed by atoms with Gasteiger partial charge in [-0.2, -0.15) is 0 Å². The lowest BCUT2D eigenvalue weighted by atomic mass is 10.2. The molecule has 0 fully saturated rings. The van der Waals surface area contributed by atoms with E-state index in [2.05, 4.69) is 20.3 Å². The summed E-state index contributed by atoms with van der Waals surface area (Å²) in [6.07, 6.45) is 5.23. The van der Waals surface area contributed by atoms with Gasteiger partial charge in [0.2, 0.25) is 5.95 Å². The zero-order valence-corrected chi connectivity index (χ0v) is 12.3. The molecule has 0 bridgehead atoms. The predicted octanol–water partition coefficient (Wildman–Crippen LogP) is 3.33. The average molecular weight is 294 g/mol. The van der Waals surface area contributed by atoms with E-state index in [4.69, 9.17) is 5.73 Å². The second kappa shape index (κ2) is 6.64. The molecule has 6 nitrogen and oxygen atoms in total. The number of hydrogen-bond acceptors (Lipinski definition) is 6. The SMILES string of the molecule is Cc1ccc(N)cc1Nc1nccc(-c2cccnc2)n1.N. The molecule has 0 unspecified atom stereocenters. The van der Waals surface area contributed by atoms with E-state index in [0.717, 1.165) is 22.5 Å². The van der Waals surface area contributed by atoms with Gasteiger partial charge in [0.1, 0.15) is 0 Å². The largest absolute Gasteiger partial charge is 0.399 e. The molecule has 3 aromatic rings. The summed E-state index contributed by atoms with van der Waals surface area (Å²) >= 11 is 0. The zero-order valence-electron chi connectivity index (χ0n) is 12.3. The monoisotopic (exact) mass is 294 g/mol. The van der Waals surface area contributed by atoms with Crippen molar-refractivity contribution in [3.63, 3.8) is 0 Å². The molecule has 6 heteroatoms. The molecule has 22 heavy (non-hydrogen) atoms. The van der Waals surface area contributed by atoms with Crippen LogP contribution in [0, 0.1) is 6.92 Å². The fraction of sp³-hybridized carbons (Fsp3) is 0.0625. The molecule has 3 rings (SSSR count). The number of nitrogens with zero attached hydrogens (tertiary/aromatic N) is 3. The zero-order chi connectivity index (χ0) is 14.7. The minimum Gasteiger partial charge on any atom is -0.399 e. The van der Waals surface area contributed by atoms with Gasteiger partial charge < -0.3 is 17.2 Å². The number of hydrogen-bond donors (Lipinski definition) is 3. The summed E-state index contributed by atoms with van der Waals surface area (Å²) in [6, 6.07) is 11.4. The van der Waals surface area contributed by atoms with Crippen molar-refractivity contribution in [3.8, 4) is 11.3 Å². The molecule has 0 radical (unpaired) electrons. The van der Waals surface area contributed by atoms with E-state index < -0.39 is 0 Å². The second-order valence-electron chi connectivity index (χ2n) is 4.71. The fourth-order valence-electron chi connectivity index (χ4n) is 1.99. The summed E-state index contributed by atoms with van der Waals surface area (Å²) in [6.45, 7) is 2.01. The van der Waals surface area contributed by atoms with Gasteiger partial charge in [0, 0.05) is 35.5 Å². The Kier molecular flexibility index (Phi) is 4.65. The summed E-state index contributed by atoms with van der Waals surface area (Å²) in [5, 5.41) is 3.20. The maximum absolute atomic E-state index is 5.81. The van der Waals surface area contributed by atoms with Crippen molar-refractivity contribution in [1.82, 2.24) is 21.1 Å². The van der Waals surface area contributed by atoms with Crippen LogP contribution in [0.5, 0.6) is 0 Å². The third-order valence-electron chi connectivity index (χ3n) is 3.12. The Labute approximate surface area is 129 Å². The van der Waals surface area contributed by atoms with Crippen LogP contribution in [0.1, 0.15) is 5.56 Å². The van der Waals surface area contributed by atoms with Gasteiger partial charge in [-0.3, -0.25) is 4.98 Å². The highest BCUT2D eigenvalue weighted by Crippen LogP contribution is 2.22. The molecule has 1 aromatic carbocycles. The topological polar surface area (TPSA) is 112 Å². The molecule has 2 aromatic heterocycles. The van der Waals surface area contributed by atoms with Crippen molar-refractivity contribution in [2.45, 2.75) is 6.92 Å². The number of aromatic nitrogens is 3. The summed E-state index contributed by atoms with van der Waals surface area (Å²) in [5.41, 5.74) is 10.3. The first-order chi connectivity index (χ1) is 10.2. The molecule has 0 aliphatic heterocycles. The van der Waals surface area contributed by atoms with Gasteiger partial charge in [-0.1, -0.05) is 6.07 Å². The fourth-order valence-corrected chi connectivity index (χ4v) is 1.99. The van der Waals surface area contributed by atoms with Crippen LogP contribution in [-0.4, -0.2) is 15.0 Å². The molecule has 6 N–H and O–H groups in total. The van der Waals surface area contributed by atoms with Crippen molar-refractivity contribution < 1.29 is 0 Å². The Bertz CT molecular complexity index is 758. The first-order valence-corrected chi connectivity index (χ1v) is 6.59. The number of aryl methyl sites for hydroxylation is 1. The normalized spacial score (nSPS) is 9.86. The molecule has 0 saturated heterocycles. The molecule has 2 heterocycles. The van der Waals surface area contributed by atoms with Crippen LogP contribution in [-0.2, 0) is 0 Å². The number of nitrogens with one attached hydrogen (secondary N) is 1. The molecule has 0 atom stereocenters. The summed E-state index contributed by atoms with van der Waals surface area (Å²) < 4.78 is 0. The molecular formula is C16H18N6. The quantitative estimate of drug-likeness (QED) is 0.639. The van der Waals surface area contributed by atoms with Crippen molar-refractivity contribution in [2.24, 2.45) is 0 Å². The van der Waals surface area contributed by atoms with E-state index in [1.165, 1.54) is 0 Å². The van der Waals surface area contributed by atoms with Gasteiger partial charge in [-0.25, -0.2) is 9.97 Å². The first kappa shape index (κ1) is 15.4. The third kappa shape index (κ3) is 3.36. The lowest BCUT2D eigenvalue weighted by Crippen LogP contribution is -2.00. The van der Waals surface area contributed by atoms with Gasteiger partial charge in [-0.05, 0) is 42.8 Å². The number of benzene rings is 1. The maximum atomic E-state index is 5.81. The second-order valence-corrected chi connectivity index (χ2v) is 4.71. The third-order valence-corrected chi connectivity index (χ3v) is 3.12. The van der Waals surface area contributed by atoms with Crippen LogP contribution in [0.2, 0.25) is 0 Å². The number of rotatable bonds is 3. The van der Waals surface area contributed by atoms with Gasteiger partial charge in [0.05, 0.1) is 5.69 Å². The van der Waals surface area contributed by atoms with E-state index in [0.29, 0.717) is 11.6 Å². The summed E-state index contributed by atoms with van der Waals surface area (Å²) in [5.74, 6) is 0.532. The number of anilines is 3. The van der Waals surface area contributed by atoms with Crippen LogP contribution in [0.15, 0.2) is 55.0 Å². The van der Waals surface area contributed by atoms with Crippen molar-refractivity contribution in [2.75, 3.05) is 11.1 Å².